The largest absolute Gasteiger partial charge is 0.359 e. The average Bonchev–Trinajstić information content (AvgIpc) is 3.24. The zero-order valence-corrected chi connectivity index (χ0v) is 18.3. The van der Waals surface area contributed by atoms with Crippen LogP contribution in [-0.4, -0.2) is 22.6 Å². The molecule has 7 heteroatoms. The summed E-state index contributed by atoms with van der Waals surface area (Å²) in [4.78, 5) is 19.5. The highest BCUT2D eigenvalue weighted by Gasteiger charge is 2.29. The third-order valence-corrected chi connectivity index (χ3v) is 5.58. The zero-order valence-electron chi connectivity index (χ0n) is 18.3. The van der Waals surface area contributed by atoms with Crippen molar-refractivity contribution < 1.29 is 13.7 Å². The number of rotatable bonds is 4. The van der Waals surface area contributed by atoms with Crippen LogP contribution in [0.15, 0.2) is 47.0 Å². The molecule has 1 atom stereocenters. The molecule has 3 aromatic rings. The van der Waals surface area contributed by atoms with Gasteiger partial charge in [0.1, 0.15) is 11.9 Å². The van der Waals surface area contributed by atoms with Crippen LogP contribution in [-0.2, 0) is 11.8 Å². The maximum absolute atomic E-state index is 13.2. The molecular formula is C24H27FN4O2. The molecule has 4 rings (SSSR count). The highest BCUT2D eigenvalue weighted by molar-refractivity contribution is 6.05. The lowest BCUT2D eigenvalue weighted by atomic mass is 9.96. The Labute approximate surface area is 181 Å². The predicted octanol–water partition coefficient (Wildman–Crippen LogP) is 5.27. The minimum absolute atomic E-state index is 0.0919. The Morgan fingerprint density at radius 3 is 2.61 bits per heavy atom. The Morgan fingerprint density at radius 1 is 1.19 bits per heavy atom. The monoisotopic (exact) mass is 422 g/mol. The van der Waals surface area contributed by atoms with Gasteiger partial charge in [0, 0.05) is 28.9 Å². The van der Waals surface area contributed by atoms with E-state index in [4.69, 9.17) is 4.52 Å². The molecular weight excluding hydrogens is 395 g/mol. The van der Waals surface area contributed by atoms with E-state index < -0.39 is 0 Å². The van der Waals surface area contributed by atoms with E-state index in [-0.39, 0.29) is 23.2 Å². The van der Waals surface area contributed by atoms with Crippen LogP contribution in [0.25, 0.3) is 0 Å². The second-order valence-corrected chi connectivity index (χ2v) is 8.94. The zero-order chi connectivity index (χ0) is 22.2. The van der Waals surface area contributed by atoms with Gasteiger partial charge in [-0.2, -0.15) is 4.98 Å². The van der Waals surface area contributed by atoms with Crippen LogP contribution < -0.4 is 10.2 Å². The summed E-state index contributed by atoms with van der Waals surface area (Å²) >= 11 is 0. The summed E-state index contributed by atoms with van der Waals surface area (Å²) in [5.74, 6) is 0.643. The smallest absolute Gasteiger partial charge is 0.255 e. The lowest BCUT2D eigenvalue weighted by Gasteiger charge is -2.35. The molecule has 6 nitrogen and oxygen atoms in total. The first kappa shape index (κ1) is 21.0. The molecule has 2 aromatic carbocycles. The quantitative estimate of drug-likeness (QED) is 0.620. The van der Waals surface area contributed by atoms with Crippen molar-refractivity contribution in [2.75, 3.05) is 16.8 Å². The van der Waals surface area contributed by atoms with Gasteiger partial charge in [-0.05, 0) is 61.7 Å². The molecule has 31 heavy (non-hydrogen) atoms. The molecule has 1 N–H and O–H groups in total. The molecule has 0 fully saturated rings. The van der Waals surface area contributed by atoms with Gasteiger partial charge < -0.3 is 14.7 Å². The summed E-state index contributed by atoms with van der Waals surface area (Å²) in [6.07, 6.45) is 1.80. The van der Waals surface area contributed by atoms with Gasteiger partial charge in [0.05, 0.1) is 0 Å². The van der Waals surface area contributed by atoms with Crippen molar-refractivity contribution in [1.82, 2.24) is 10.1 Å². The van der Waals surface area contributed by atoms with E-state index in [1.54, 1.807) is 0 Å². The molecule has 0 saturated heterocycles. The molecule has 1 amide bonds. The molecule has 0 saturated carbocycles. The van der Waals surface area contributed by atoms with Crippen molar-refractivity contribution in [2.45, 2.75) is 52.0 Å². The maximum Gasteiger partial charge on any atom is 0.255 e. The molecule has 2 heterocycles. The molecule has 1 aliphatic rings. The Morgan fingerprint density at radius 2 is 1.94 bits per heavy atom. The summed E-state index contributed by atoms with van der Waals surface area (Å²) in [5, 5.41) is 7.15. The lowest BCUT2D eigenvalue weighted by molar-refractivity contribution is 0.102. The van der Waals surface area contributed by atoms with E-state index in [0.29, 0.717) is 17.3 Å². The average molecular weight is 423 g/mol. The second-order valence-electron chi connectivity index (χ2n) is 8.94. The van der Waals surface area contributed by atoms with Crippen LogP contribution in [0.3, 0.4) is 0 Å². The molecule has 162 valence electrons. The maximum atomic E-state index is 13.2. The molecule has 0 spiro atoms. The lowest BCUT2D eigenvalue weighted by Crippen LogP contribution is -2.33. The minimum Gasteiger partial charge on any atom is -0.359 e. The Bertz CT molecular complexity index is 1090. The van der Waals surface area contributed by atoms with Crippen LogP contribution in [0.4, 0.5) is 15.8 Å². The Kier molecular flexibility index (Phi) is 5.52. The summed E-state index contributed by atoms with van der Waals surface area (Å²) in [5.41, 5.74) is 3.13. The fraction of sp³-hybridized carbons (Fsp3) is 0.375. The molecule has 1 aromatic heterocycles. The van der Waals surface area contributed by atoms with Crippen molar-refractivity contribution in [3.05, 3.63) is 71.1 Å². The number of hydrogen-bond acceptors (Lipinski definition) is 5. The van der Waals surface area contributed by atoms with Crippen molar-refractivity contribution >= 4 is 17.3 Å². The number of carbonyl (C=O) groups is 1. The van der Waals surface area contributed by atoms with E-state index >= 15 is 0 Å². The summed E-state index contributed by atoms with van der Waals surface area (Å²) in [6.45, 7) is 9.07. The van der Waals surface area contributed by atoms with Gasteiger partial charge in [-0.1, -0.05) is 32.0 Å². The highest BCUT2D eigenvalue weighted by atomic mass is 19.1. The molecule has 0 bridgehead atoms. The number of halogens is 1. The number of nitrogens with zero attached hydrogens (tertiary/aromatic N) is 3. The third kappa shape index (κ3) is 4.31. The molecule has 1 aliphatic heterocycles. The van der Waals surface area contributed by atoms with Crippen molar-refractivity contribution in [1.29, 1.82) is 0 Å². The SMILES string of the molecule is CC(c1nc(C(C)(C)C)no1)N1CCCc2c(NC(=O)c3ccc(F)cc3)cccc21. The summed E-state index contributed by atoms with van der Waals surface area (Å²) in [6, 6.07) is 11.3. The van der Waals surface area contributed by atoms with Crippen LogP contribution >= 0.6 is 0 Å². The van der Waals surface area contributed by atoms with Gasteiger partial charge in [0.15, 0.2) is 5.82 Å². The van der Waals surface area contributed by atoms with Crippen LogP contribution in [0.1, 0.15) is 67.8 Å². The van der Waals surface area contributed by atoms with Gasteiger partial charge in [0.2, 0.25) is 5.89 Å². The number of nitrogens with one attached hydrogen (secondary N) is 1. The molecule has 0 radical (unpaired) electrons. The standard InChI is InChI=1S/C24H27FN4O2/c1-15(22-27-23(28-31-22)24(2,3)4)29-14-6-7-18-19(8-5-9-20(18)29)26-21(30)16-10-12-17(25)13-11-16/h5,8-13,15H,6-7,14H2,1-4H3,(H,26,30). The van der Waals surface area contributed by atoms with Crippen molar-refractivity contribution in [2.24, 2.45) is 0 Å². The number of benzene rings is 2. The van der Waals surface area contributed by atoms with Gasteiger partial charge in [0.25, 0.3) is 5.91 Å². The van der Waals surface area contributed by atoms with E-state index in [1.165, 1.54) is 24.3 Å². The number of anilines is 2. The Hall–Kier alpha value is -3.22. The van der Waals surface area contributed by atoms with Crippen LogP contribution in [0, 0.1) is 5.82 Å². The van der Waals surface area contributed by atoms with Gasteiger partial charge in [-0.15, -0.1) is 0 Å². The first-order valence-corrected chi connectivity index (χ1v) is 10.5. The Balaban J connectivity index is 1.60. The topological polar surface area (TPSA) is 71.3 Å². The van der Waals surface area contributed by atoms with Crippen molar-refractivity contribution in [3.8, 4) is 0 Å². The number of fused-ring (bicyclic) bond motifs is 1. The number of carbonyl (C=O) groups excluding carboxylic acids is 1. The molecule has 1 unspecified atom stereocenters. The van der Waals surface area contributed by atoms with E-state index in [1.807, 2.05) is 12.1 Å². The van der Waals surface area contributed by atoms with Crippen molar-refractivity contribution in [3.63, 3.8) is 0 Å². The van der Waals surface area contributed by atoms with Gasteiger partial charge in [-0.25, -0.2) is 4.39 Å². The summed E-state index contributed by atoms with van der Waals surface area (Å²) < 4.78 is 18.8. The van der Waals surface area contributed by atoms with E-state index in [2.05, 4.69) is 54.1 Å². The van der Waals surface area contributed by atoms with E-state index in [9.17, 15) is 9.18 Å². The van der Waals surface area contributed by atoms with Crippen LogP contribution in [0.2, 0.25) is 0 Å². The normalized spacial score (nSPS) is 14.8. The van der Waals surface area contributed by atoms with Crippen LogP contribution in [0.5, 0.6) is 0 Å². The first-order valence-electron chi connectivity index (χ1n) is 10.5. The van der Waals surface area contributed by atoms with Gasteiger partial charge >= 0.3 is 0 Å². The fourth-order valence-electron chi connectivity index (χ4n) is 3.81. The van der Waals surface area contributed by atoms with Gasteiger partial charge in [-0.3, -0.25) is 4.79 Å². The minimum atomic E-state index is -0.367. The second kappa shape index (κ2) is 8.13. The number of amides is 1. The number of hydrogen-bond donors (Lipinski definition) is 1. The summed E-state index contributed by atoms with van der Waals surface area (Å²) in [7, 11) is 0. The molecule has 0 aliphatic carbocycles. The fourth-order valence-corrected chi connectivity index (χ4v) is 3.81. The third-order valence-electron chi connectivity index (χ3n) is 5.58. The number of aromatic nitrogens is 2. The predicted molar refractivity (Wildman–Crippen MR) is 118 cm³/mol. The highest BCUT2D eigenvalue weighted by Crippen LogP contribution is 2.37. The van der Waals surface area contributed by atoms with E-state index in [0.717, 1.165) is 36.3 Å². The first-order chi connectivity index (χ1) is 14.7.